The van der Waals surface area contributed by atoms with Gasteiger partial charge in [-0.25, -0.2) is 0 Å². The van der Waals surface area contributed by atoms with Crippen molar-refractivity contribution in [2.24, 2.45) is 0 Å². The molecule has 0 atom stereocenters. The van der Waals surface area contributed by atoms with Crippen LogP contribution in [-0.4, -0.2) is 16.2 Å². The fourth-order valence-electron chi connectivity index (χ4n) is 2.25. The lowest BCUT2D eigenvalue weighted by Gasteiger charge is -2.11. The van der Waals surface area contributed by atoms with Gasteiger partial charge in [-0.2, -0.15) is 5.26 Å². The SMILES string of the molecule is Cc1cc(C(=O)CCl)c(C)n1-c1ccccc1C#N. The number of benzene rings is 1. The molecule has 0 aliphatic heterocycles. The lowest BCUT2D eigenvalue weighted by atomic mass is 10.1. The van der Waals surface area contributed by atoms with Gasteiger partial charge in [-0.05, 0) is 32.0 Å². The molecule has 0 N–H and O–H groups in total. The molecule has 0 unspecified atom stereocenters. The van der Waals surface area contributed by atoms with Gasteiger partial charge in [0.1, 0.15) is 6.07 Å². The van der Waals surface area contributed by atoms with E-state index in [9.17, 15) is 10.1 Å². The molecule has 96 valence electrons. The Hall–Kier alpha value is -2.05. The van der Waals surface area contributed by atoms with Crippen molar-refractivity contribution in [3.05, 3.63) is 52.8 Å². The lowest BCUT2D eigenvalue weighted by Crippen LogP contribution is -2.05. The fraction of sp³-hybridized carbons (Fsp3) is 0.200. The third kappa shape index (κ3) is 2.27. The number of rotatable bonds is 3. The second-order valence-corrected chi connectivity index (χ2v) is 4.57. The Kier molecular flexibility index (Phi) is 3.73. The standard InChI is InChI=1S/C15H13ClN2O/c1-10-7-13(15(19)8-16)11(2)18(10)14-6-4-3-5-12(14)9-17/h3-7H,8H2,1-2H3. The summed E-state index contributed by atoms with van der Waals surface area (Å²) in [6.07, 6.45) is 0. The minimum absolute atomic E-state index is 0.0375. The van der Waals surface area contributed by atoms with Crippen molar-refractivity contribution in [3.63, 3.8) is 0 Å². The zero-order chi connectivity index (χ0) is 14.0. The monoisotopic (exact) mass is 272 g/mol. The Morgan fingerprint density at radius 2 is 2.05 bits per heavy atom. The van der Waals surface area contributed by atoms with Gasteiger partial charge in [-0.3, -0.25) is 4.79 Å². The van der Waals surface area contributed by atoms with E-state index in [-0.39, 0.29) is 11.7 Å². The van der Waals surface area contributed by atoms with Crippen molar-refractivity contribution in [1.29, 1.82) is 5.26 Å². The van der Waals surface area contributed by atoms with Gasteiger partial charge in [-0.1, -0.05) is 12.1 Å². The van der Waals surface area contributed by atoms with Gasteiger partial charge in [0.2, 0.25) is 0 Å². The van der Waals surface area contributed by atoms with Crippen LogP contribution >= 0.6 is 11.6 Å². The molecule has 0 aliphatic rings. The van der Waals surface area contributed by atoms with Crippen LogP contribution in [-0.2, 0) is 0 Å². The molecule has 1 aromatic carbocycles. The number of aryl methyl sites for hydroxylation is 1. The first kappa shape index (κ1) is 13.4. The van der Waals surface area contributed by atoms with E-state index in [0.717, 1.165) is 17.1 Å². The number of hydrogen-bond acceptors (Lipinski definition) is 2. The smallest absolute Gasteiger partial charge is 0.179 e. The van der Waals surface area contributed by atoms with E-state index in [1.165, 1.54) is 0 Å². The molecule has 4 heteroatoms. The summed E-state index contributed by atoms with van der Waals surface area (Å²) in [6.45, 7) is 3.77. The fourth-order valence-corrected chi connectivity index (χ4v) is 2.39. The maximum atomic E-state index is 11.8. The molecule has 0 spiro atoms. The summed E-state index contributed by atoms with van der Waals surface area (Å²) in [5, 5.41) is 9.17. The highest BCUT2D eigenvalue weighted by Crippen LogP contribution is 2.23. The van der Waals surface area contributed by atoms with Gasteiger partial charge in [0, 0.05) is 17.0 Å². The van der Waals surface area contributed by atoms with E-state index >= 15 is 0 Å². The topological polar surface area (TPSA) is 45.8 Å². The zero-order valence-corrected chi connectivity index (χ0v) is 11.5. The first-order valence-corrected chi connectivity index (χ1v) is 6.41. The van der Waals surface area contributed by atoms with Gasteiger partial charge in [0.25, 0.3) is 0 Å². The largest absolute Gasteiger partial charge is 0.316 e. The minimum atomic E-state index is -0.101. The molecular formula is C15H13ClN2O. The maximum Gasteiger partial charge on any atom is 0.179 e. The number of nitriles is 1. The van der Waals surface area contributed by atoms with Crippen LogP contribution in [0.25, 0.3) is 5.69 Å². The van der Waals surface area contributed by atoms with Crippen LogP contribution in [0.5, 0.6) is 0 Å². The highest BCUT2D eigenvalue weighted by atomic mass is 35.5. The zero-order valence-electron chi connectivity index (χ0n) is 10.8. The molecule has 0 aliphatic carbocycles. The number of carbonyl (C=O) groups is 1. The van der Waals surface area contributed by atoms with E-state index in [1.807, 2.05) is 42.7 Å². The summed E-state index contributed by atoms with van der Waals surface area (Å²) >= 11 is 5.61. The Bertz CT molecular complexity index is 680. The third-order valence-electron chi connectivity index (χ3n) is 3.12. The number of Topliss-reactive ketones (excluding diaryl/α,β-unsaturated/α-hetero) is 1. The van der Waals surface area contributed by atoms with Crippen molar-refractivity contribution >= 4 is 17.4 Å². The van der Waals surface area contributed by atoms with Gasteiger partial charge >= 0.3 is 0 Å². The number of halogens is 1. The van der Waals surface area contributed by atoms with E-state index in [1.54, 1.807) is 6.07 Å². The number of para-hydroxylation sites is 1. The highest BCUT2D eigenvalue weighted by molar-refractivity contribution is 6.30. The van der Waals surface area contributed by atoms with E-state index in [0.29, 0.717) is 11.1 Å². The van der Waals surface area contributed by atoms with Crippen LogP contribution in [0.2, 0.25) is 0 Å². The van der Waals surface area contributed by atoms with Crippen LogP contribution in [0.3, 0.4) is 0 Å². The van der Waals surface area contributed by atoms with Gasteiger partial charge in [-0.15, -0.1) is 11.6 Å². The van der Waals surface area contributed by atoms with Gasteiger partial charge in [0.15, 0.2) is 5.78 Å². The van der Waals surface area contributed by atoms with Crippen LogP contribution in [0, 0.1) is 25.2 Å². The lowest BCUT2D eigenvalue weighted by molar-refractivity contribution is 0.102. The normalized spacial score (nSPS) is 10.2. The number of aromatic nitrogens is 1. The highest BCUT2D eigenvalue weighted by Gasteiger charge is 2.17. The molecule has 1 heterocycles. The molecule has 3 nitrogen and oxygen atoms in total. The number of nitrogens with zero attached hydrogens (tertiary/aromatic N) is 2. The molecule has 1 aromatic heterocycles. The second-order valence-electron chi connectivity index (χ2n) is 4.31. The number of carbonyl (C=O) groups excluding carboxylic acids is 1. The summed E-state index contributed by atoms with van der Waals surface area (Å²) in [5.41, 5.74) is 3.70. The molecule has 2 aromatic rings. The van der Waals surface area contributed by atoms with Crippen molar-refractivity contribution in [2.75, 3.05) is 5.88 Å². The summed E-state index contributed by atoms with van der Waals surface area (Å²) < 4.78 is 1.92. The Balaban J connectivity index is 2.67. The Morgan fingerprint density at radius 1 is 1.37 bits per heavy atom. The predicted octanol–water partition coefficient (Wildman–Crippen LogP) is 3.39. The second kappa shape index (κ2) is 5.29. The molecule has 2 rings (SSSR count). The van der Waals surface area contributed by atoms with E-state index in [4.69, 9.17) is 11.6 Å². The molecule has 0 saturated carbocycles. The van der Waals surface area contributed by atoms with Crippen LogP contribution in [0.1, 0.15) is 27.3 Å². The molecule has 0 bridgehead atoms. The summed E-state index contributed by atoms with van der Waals surface area (Å²) in [7, 11) is 0. The molecule has 0 fully saturated rings. The Labute approximate surface area is 117 Å². The van der Waals surface area contributed by atoms with Crippen molar-refractivity contribution < 1.29 is 4.79 Å². The van der Waals surface area contributed by atoms with Crippen molar-refractivity contribution in [2.45, 2.75) is 13.8 Å². The van der Waals surface area contributed by atoms with Crippen molar-refractivity contribution in [1.82, 2.24) is 4.57 Å². The molecule has 0 saturated heterocycles. The molecule has 0 amide bonds. The summed E-state index contributed by atoms with van der Waals surface area (Å²) in [6, 6.07) is 11.3. The average molecular weight is 273 g/mol. The Morgan fingerprint density at radius 3 is 2.68 bits per heavy atom. The molecule has 0 radical (unpaired) electrons. The summed E-state index contributed by atoms with van der Waals surface area (Å²) in [4.78, 5) is 11.8. The number of alkyl halides is 1. The molecular weight excluding hydrogens is 260 g/mol. The van der Waals surface area contributed by atoms with Gasteiger partial charge < -0.3 is 4.57 Å². The minimum Gasteiger partial charge on any atom is -0.316 e. The predicted molar refractivity (Wildman–Crippen MR) is 75.0 cm³/mol. The van der Waals surface area contributed by atoms with Crippen molar-refractivity contribution in [3.8, 4) is 11.8 Å². The summed E-state index contributed by atoms with van der Waals surface area (Å²) in [5.74, 6) is -0.139. The molecule has 19 heavy (non-hydrogen) atoms. The average Bonchev–Trinajstić information content (AvgIpc) is 2.73. The third-order valence-corrected chi connectivity index (χ3v) is 3.36. The first-order valence-electron chi connectivity index (χ1n) is 5.87. The van der Waals surface area contributed by atoms with E-state index < -0.39 is 0 Å². The first-order chi connectivity index (χ1) is 9.10. The quantitative estimate of drug-likeness (QED) is 0.635. The van der Waals surface area contributed by atoms with Crippen LogP contribution in [0.15, 0.2) is 30.3 Å². The van der Waals surface area contributed by atoms with E-state index in [2.05, 4.69) is 6.07 Å². The number of ketones is 1. The van der Waals surface area contributed by atoms with Gasteiger partial charge in [0.05, 0.1) is 17.1 Å². The maximum absolute atomic E-state index is 11.8. The van der Waals surface area contributed by atoms with Crippen LogP contribution in [0.4, 0.5) is 0 Å². The number of hydrogen-bond donors (Lipinski definition) is 0. The van der Waals surface area contributed by atoms with Crippen LogP contribution < -0.4 is 0 Å².